The zero-order valence-corrected chi connectivity index (χ0v) is 26.1. The minimum atomic E-state index is -0.661. The van der Waals surface area contributed by atoms with E-state index < -0.39 is 30.2 Å². The number of carbonyl (C=O) groups excluding carboxylic acids is 4. The van der Waals surface area contributed by atoms with Crippen LogP contribution in [0.3, 0.4) is 0 Å². The third kappa shape index (κ3) is 25.0. The SMILES string of the molecule is C=C(C)C(=O)OCCOCCNC(=O)OCC(CCCCCCCCCS)OC(=O)NCCOCCOC(=O)C(=C)C. The lowest BCUT2D eigenvalue weighted by Gasteiger charge is -2.18. The van der Waals surface area contributed by atoms with Crippen molar-refractivity contribution in [3.8, 4) is 0 Å². The molecule has 0 aromatic carbocycles. The van der Waals surface area contributed by atoms with E-state index in [4.69, 9.17) is 28.4 Å². The fourth-order valence-electron chi connectivity index (χ4n) is 3.24. The number of ether oxygens (including phenoxy) is 6. The average Bonchev–Trinajstić information content (AvgIpc) is 2.95. The quantitative estimate of drug-likeness (QED) is 0.0425. The Bertz CT molecular complexity index is 809. The topological polar surface area (TPSA) is 148 Å². The monoisotopic (exact) mass is 618 g/mol. The molecule has 1 unspecified atom stereocenters. The molecule has 1 atom stereocenters. The highest BCUT2D eigenvalue weighted by molar-refractivity contribution is 7.80. The molecular weight excluding hydrogens is 568 g/mol. The molecule has 0 rings (SSSR count). The van der Waals surface area contributed by atoms with Gasteiger partial charge in [-0.05, 0) is 38.9 Å². The van der Waals surface area contributed by atoms with Crippen molar-refractivity contribution in [2.24, 2.45) is 0 Å². The first kappa shape index (κ1) is 39.2. The van der Waals surface area contributed by atoms with Gasteiger partial charge in [-0.2, -0.15) is 12.6 Å². The summed E-state index contributed by atoms with van der Waals surface area (Å²) >= 11 is 4.23. The van der Waals surface area contributed by atoms with Gasteiger partial charge in [-0.15, -0.1) is 0 Å². The molecule has 2 N–H and O–H groups in total. The number of alkyl carbamates (subject to hydrolysis) is 2. The largest absolute Gasteiger partial charge is 0.460 e. The van der Waals surface area contributed by atoms with Crippen LogP contribution >= 0.6 is 12.6 Å². The first-order valence-corrected chi connectivity index (χ1v) is 15.1. The second kappa shape index (κ2) is 27.1. The van der Waals surface area contributed by atoms with Crippen LogP contribution in [0, 0.1) is 0 Å². The molecule has 0 radical (unpaired) electrons. The van der Waals surface area contributed by atoms with Crippen LogP contribution in [0.25, 0.3) is 0 Å². The Morgan fingerprint density at radius 3 is 1.62 bits per heavy atom. The molecule has 0 fully saturated rings. The summed E-state index contributed by atoms with van der Waals surface area (Å²) in [6.45, 7) is 11.3. The summed E-state index contributed by atoms with van der Waals surface area (Å²) in [6, 6.07) is 0. The molecule has 242 valence electrons. The summed E-state index contributed by atoms with van der Waals surface area (Å²) in [4.78, 5) is 47.0. The standard InChI is InChI=1S/C29H50N2O10S/c1-23(2)26(32)38-19-17-36-15-13-30-28(34)40-22-25(12-10-8-6-5-7-9-11-21-42)41-29(35)31-14-16-37-18-20-39-27(33)24(3)4/h25,42H,1,3,5-22H2,2,4H3,(H,30,34)(H,31,35). The van der Waals surface area contributed by atoms with Gasteiger partial charge in [-0.1, -0.05) is 45.3 Å². The van der Waals surface area contributed by atoms with Gasteiger partial charge in [-0.25, -0.2) is 19.2 Å². The number of rotatable bonds is 26. The van der Waals surface area contributed by atoms with Crippen LogP contribution in [0.15, 0.2) is 24.3 Å². The average molecular weight is 619 g/mol. The molecule has 0 aromatic rings. The van der Waals surface area contributed by atoms with Gasteiger partial charge < -0.3 is 39.1 Å². The van der Waals surface area contributed by atoms with Crippen LogP contribution in [0.4, 0.5) is 9.59 Å². The van der Waals surface area contributed by atoms with Crippen molar-refractivity contribution in [1.82, 2.24) is 10.6 Å². The number of carbonyl (C=O) groups is 4. The Morgan fingerprint density at radius 2 is 1.12 bits per heavy atom. The Hall–Kier alpha value is -2.77. The predicted molar refractivity (Wildman–Crippen MR) is 162 cm³/mol. The van der Waals surface area contributed by atoms with E-state index in [2.05, 4.69) is 36.4 Å². The van der Waals surface area contributed by atoms with E-state index in [1.54, 1.807) is 13.8 Å². The molecule has 0 aliphatic carbocycles. The number of nitrogens with one attached hydrogen (secondary N) is 2. The van der Waals surface area contributed by atoms with Gasteiger partial charge in [0.2, 0.25) is 0 Å². The Kier molecular flexibility index (Phi) is 25.3. The van der Waals surface area contributed by atoms with Crippen molar-refractivity contribution in [2.75, 3.05) is 65.1 Å². The summed E-state index contributed by atoms with van der Waals surface area (Å²) in [5, 5.41) is 5.16. The van der Waals surface area contributed by atoms with Crippen molar-refractivity contribution in [3.05, 3.63) is 24.3 Å². The van der Waals surface area contributed by atoms with Crippen LogP contribution in [0.1, 0.15) is 65.2 Å². The van der Waals surface area contributed by atoms with Gasteiger partial charge >= 0.3 is 24.1 Å². The number of hydrogen-bond acceptors (Lipinski definition) is 11. The molecule has 42 heavy (non-hydrogen) atoms. The molecule has 0 aliphatic heterocycles. The molecule has 0 heterocycles. The zero-order chi connectivity index (χ0) is 31.4. The Morgan fingerprint density at radius 1 is 0.643 bits per heavy atom. The summed E-state index contributed by atoms with van der Waals surface area (Å²) in [7, 11) is 0. The van der Waals surface area contributed by atoms with Crippen molar-refractivity contribution in [1.29, 1.82) is 0 Å². The first-order chi connectivity index (χ1) is 20.2. The number of hydrogen-bond donors (Lipinski definition) is 3. The number of amides is 2. The van der Waals surface area contributed by atoms with Crippen molar-refractivity contribution >= 4 is 36.8 Å². The van der Waals surface area contributed by atoms with E-state index in [9.17, 15) is 19.2 Å². The third-order valence-electron chi connectivity index (χ3n) is 5.51. The lowest BCUT2D eigenvalue weighted by Crippen LogP contribution is -2.35. The maximum absolute atomic E-state index is 12.3. The molecule has 0 saturated carbocycles. The van der Waals surface area contributed by atoms with Crippen LogP contribution in [0.2, 0.25) is 0 Å². The van der Waals surface area contributed by atoms with E-state index in [1.807, 2.05) is 0 Å². The van der Waals surface area contributed by atoms with E-state index in [0.717, 1.165) is 37.9 Å². The Balaban J connectivity index is 4.30. The van der Waals surface area contributed by atoms with E-state index >= 15 is 0 Å². The van der Waals surface area contributed by atoms with Crippen LogP contribution in [0.5, 0.6) is 0 Å². The maximum Gasteiger partial charge on any atom is 0.407 e. The fourth-order valence-corrected chi connectivity index (χ4v) is 3.47. The molecule has 2 amide bonds. The second-order valence-corrected chi connectivity index (χ2v) is 9.97. The normalized spacial score (nSPS) is 11.2. The van der Waals surface area contributed by atoms with E-state index in [-0.39, 0.29) is 59.3 Å². The van der Waals surface area contributed by atoms with Crippen molar-refractivity contribution < 1.29 is 47.6 Å². The summed E-state index contributed by atoms with van der Waals surface area (Å²) in [5.41, 5.74) is 0.619. The van der Waals surface area contributed by atoms with Crippen molar-refractivity contribution in [2.45, 2.75) is 71.3 Å². The maximum atomic E-state index is 12.3. The predicted octanol–water partition coefficient (Wildman–Crippen LogP) is 4.13. The molecule has 13 heteroatoms. The van der Waals surface area contributed by atoms with E-state index in [1.165, 1.54) is 12.8 Å². The minimum Gasteiger partial charge on any atom is -0.460 e. The smallest absolute Gasteiger partial charge is 0.407 e. The van der Waals surface area contributed by atoms with Crippen LogP contribution in [-0.4, -0.2) is 95.3 Å². The first-order valence-electron chi connectivity index (χ1n) is 14.4. The summed E-state index contributed by atoms with van der Waals surface area (Å²) in [6.07, 6.45) is 6.14. The molecule has 0 aromatic heterocycles. The van der Waals surface area contributed by atoms with Gasteiger partial charge in [0.05, 0.1) is 26.4 Å². The molecule has 0 bridgehead atoms. The molecule has 0 aliphatic rings. The summed E-state index contributed by atoms with van der Waals surface area (Å²) < 4.78 is 31.2. The van der Waals surface area contributed by atoms with Gasteiger partial charge in [-0.3, -0.25) is 0 Å². The van der Waals surface area contributed by atoms with Gasteiger partial charge in [0.1, 0.15) is 25.9 Å². The van der Waals surface area contributed by atoms with Gasteiger partial charge in [0.15, 0.2) is 0 Å². The molecule has 0 saturated heterocycles. The lowest BCUT2D eigenvalue weighted by molar-refractivity contribution is -0.141. The van der Waals surface area contributed by atoms with Gasteiger partial charge in [0.25, 0.3) is 0 Å². The van der Waals surface area contributed by atoms with Crippen LogP contribution < -0.4 is 10.6 Å². The van der Waals surface area contributed by atoms with Gasteiger partial charge in [0, 0.05) is 24.2 Å². The number of unbranched alkanes of at least 4 members (excludes halogenated alkanes) is 6. The second-order valence-electron chi connectivity index (χ2n) is 9.52. The molecular formula is C29H50N2O10S. The van der Waals surface area contributed by atoms with Crippen molar-refractivity contribution in [3.63, 3.8) is 0 Å². The zero-order valence-electron chi connectivity index (χ0n) is 25.2. The fraction of sp³-hybridized carbons (Fsp3) is 0.724. The molecule has 0 spiro atoms. The highest BCUT2D eigenvalue weighted by Crippen LogP contribution is 2.12. The van der Waals surface area contributed by atoms with E-state index in [0.29, 0.717) is 17.6 Å². The highest BCUT2D eigenvalue weighted by Gasteiger charge is 2.17. The van der Waals surface area contributed by atoms with Crippen LogP contribution in [-0.2, 0) is 38.0 Å². The molecule has 12 nitrogen and oxygen atoms in total. The number of esters is 2. The third-order valence-corrected chi connectivity index (χ3v) is 5.82. The summed E-state index contributed by atoms with van der Waals surface area (Å²) in [5.74, 6) is -0.0592. The Labute approximate surface area is 255 Å². The highest BCUT2D eigenvalue weighted by atomic mass is 32.1. The minimum absolute atomic E-state index is 0.0871. The lowest BCUT2D eigenvalue weighted by atomic mass is 10.1. The number of thiol groups is 1.